The Morgan fingerprint density at radius 1 is 1.23 bits per heavy atom. The molecule has 1 rings (SSSR count). The summed E-state index contributed by atoms with van der Waals surface area (Å²) in [5.74, 6) is 0.873. The van der Waals surface area contributed by atoms with Crippen LogP contribution in [0.25, 0.3) is 0 Å². The second kappa shape index (κ2) is 3.41. The molecular weight excluding hydrogens is 160 g/mol. The fourth-order valence-corrected chi connectivity index (χ4v) is 1.43. The molecule has 1 heteroatoms. The first-order valence-electron chi connectivity index (χ1n) is 4.45. The van der Waals surface area contributed by atoms with Gasteiger partial charge in [0.1, 0.15) is 5.75 Å². The normalized spacial score (nSPS) is 11.5. The summed E-state index contributed by atoms with van der Waals surface area (Å²) in [4.78, 5) is 0. The van der Waals surface area contributed by atoms with Crippen LogP contribution in [0.3, 0.4) is 0 Å². The maximum Gasteiger partial charge on any atom is 0.119 e. The molecule has 0 unspecified atom stereocenters. The molecule has 0 spiro atoms. The lowest BCUT2D eigenvalue weighted by atomic mass is 9.84. The smallest absolute Gasteiger partial charge is 0.119 e. The largest absolute Gasteiger partial charge is 0.497 e. The van der Waals surface area contributed by atoms with Gasteiger partial charge >= 0.3 is 0 Å². The number of methoxy groups -OCH3 is 1. The van der Waals surface area contributed by atoms with Gasteiger partial charge in [-0.2, -0.15) is 0 Å². The fourth-order valence-electron chi connectivity index (χ4n) is 1.43. The van der Waals surface area contributed by atoms with E-state index in [-0.39, 0.29) is 5.41 Å². The van der Waals surface area contributed by atoms with E-state index in [0.29, 0.717) is 0 Å². The van der Waals surface area contributed by atoms with Gasteiger partial charge in [0, 0.05) is 0 Å². The van der Waals surface area contributed by atoms with Crippen LogP contribution in [0, 0.1) is 6.92 Å². The number of hydrogen-bond donors (Lipinski definition) is 0. The van der Waals surface area contributed by atoms with Crippen LogP contribution in [0.4, 0.5) is 0 Å². The predicted molar refractivity (Wildman–Crippen MR) is 56.2 cm³/mol. The lowest BCUT2D eigenvalue weighted by Gasteiger charge is -2.21. The highest BCUT2D eigenvalue weighted by Crippen LogP contribution is 2.27. The van der Waals surface area contributed by atoms with Crippen LogP contribution in [0.5, 0.6) is 5.75 Å². The minimum atomic E-state index is 0.156. The summed E-state index contributed by atoms with van der Waals surface area (Å²) in [6.07, 6.45) is 0. The number of benzene rings is 1. The van der Waals surface area contributed by atoms with Gasteiger partial charge in [-0.25, -0.2) is 0 Å². The summed E-state index contributed by atoms with van der Waals surface area (Å²) in [7, 11) is 1.67. The molecule has 0 bridgehead atoms. The topological polar surface area (TPSA) is 9.23 Å². The molecule has 0 N–H and O–H groups in total. The molecule has 0 saturated carbocycles. The van der Waals surface area contributed by atoms with E-state index >= 15 is 0 Å². The van der Waals surface area contributed by atoms with E-state index in [1.54, 1.807) is 7.11 Å². The quantitative estimate of drug-likeness (QED) is 0.640. The Balaban J connectivity index is 3.13. The van der Waals surface area contributed by atoms with Crippen LogP contribution < -0.4 is 4.74 Å². The molecule has 0 aromatic heterocycles. The standard InChI is InChI=1S/C12H17O/c1-9-8-10(13-5)6-7-11(9)12(2,3)4/h6-8H,1H2,2-5H3. The van der Waals surface area contributed by atoms with Gasteiger partial charge in [-0.05, 0) is 35.6 Å². The second-order valence-corrected chi connectivity index (χ2v) is 4.27. The Morgan fingerprint density at radius 2 is 1.85 bits per heavy atom. The molecule has 0 aliphatic carbocycles. The number of hydrogen-bond acceptors (Lipinski definition) is 1. The SMILES string of the molecule is [CH2]c1cc(OC)ccc1C(C)(C)C. The monoisotopic (exact) mass is 177 g/mol. The Bertz CT molecular complexity index is 294. The molecule has 13 heavy (non-hydrogen) atoms. The summed E-state index contributed by atoms with van der Waals surface area (Å²) in [5.41, 5.74) is 2.48. The lowest BCUT2D eigenvalue weighted by Crippen LogP contribution is -2.12. The Hall–Kier alpha value is -0.980. The maximum atomic E-state index is 5.12. The van der Waals surface area contributed by atoms with E-state index in [0.717, 1.165) is 11.3 Å². The van der Waals surface area contributed by atoms with Crippen molar-refractivity contribution in [1.29, 1.82) is 0 Å². The van der Waals surface area contributed by atoms with Gasteiger partial charge in [-0.3, -0.25) is 0 Å². The molecule has 0 heterocycles. The minimum absolute atomic E-state index is 0.156. The zero-order valence-electron chi connectivity index (χ0n) is 8.85. The van der Waals surface area contributed by atoms with Crippen LogP contribution in [-0.2, 0) is 5.41 Å². The first kappa shape index (κ1) is 10.1. The van der Waals surface area contributed by atoms with Gasteiger partial charge in [0.05, 0.1) is 7.11 Å². The highest BCUT2D eigenvalue weighted by atomic mass is 16.5. The van der Waals surface area contributed by atoms with Crippen molar-refractivity contribution in [2.45, 2.75) is 26.2 Å². The molecule has 0 saturated heterocycles. The minimum Gasteiger partial charge on any atom is -0.497 e. The molecule has 1 radical (unpaired) electrons. The molecule has 0 amide bonds. The second-order valence-electron chi connectivity index (χ2n) is 4.27. The maximum absolute atomic E-state index is 5.12. The summed E-state index contributed by atoms with van der Waals surface area (Å²) in [5, 5.41) is 0. The first-order valence-corrected chi connectivity index (χ1v) is 4.45. The van der Waals surface area contributed by atoms with Crippen molar-refractivity contribution in [3.63, 3.8) is 0 Å². The highest BCUT2D eigenvalue weighted by molar-refractivity contribution is 5.40. The predicted octanol–water partition coefficient (Wildman–Crippen LogP) is 3.17. The van der Waals surface area contributed by atoms with Gasteiger partial charge < -0.3 is 4.74 Å². The van der Waals surface area contributed by atoms with Crippen LogP contribution >= 0.6 is 0 Å². The molecule has 1 aromatic carbocycles. The van der Waals surface area contributed by atoms with Crippen LogP contribution in [0.15, 0.2) is 18.2 Å². The van der Waals surface area contributed by atoms with E-state index in [1.807, 2.05) is 12.1 Å². The average Bonchev–Trinajstić information content (AvgIpc) is 2.01. The molecule has 0 fully saturated rings. The molecule has 71 valence electrons. The Kier molecular flexibility index (Phi) is 2.65. The van der Waals surface area contributed by atoms with Crippen molar-refractivity contribution in [1.82, 2.24) is 0 Å². The van der Waals surface area contributed by atoms with Crippen molar-refractivity contribution in [2.75, 3.05) is 7.11 Å². The van der Waals surface area contributed by atoms with Crippen molar-refractivity contribution in [3.8, 4) is 5.75 Å². The summed E-state index contributed by atoms with van der Waals surface area (Å²) < 4.78 is 5.12. The molecule has 1 aromatic rings. The first-order chi connectivity index (χ1) is 5.95. The number of rotatable bonds is 1. The Morgan fingerprint density at radius 3 is 2.23 bits per heavy atom. The summed E-state index contributed by atoms with van der Waals surface area (Å²) in [6, 6.07) is 6.04. The van der Waals surface area contributed by atoms with Crippen molar-refractivity contribution in [3.05, 3.63) is 36.2 Å². The van der Waals surface area contributed by atoms with Crippen LogP contribution in [-0.4, -0.2) is 7.11 Å². The van der Waals surface area contributed by atoms with E-state index in [4.69, 9.17) is 4.74 Å². The molecule has 0 aliphatic heterocycles. The van der Waals surface area contributed by atoms with E-state index in [1.165, 1.54) is 5.56 Å². The van der Waals surface area contributed by atoms with Crippen molar-refractivity contribution >= 4 is 0 Å². The van der Waals surface area contributed by atoms with E-state index < -0.39 is 0 Å². The molecular formula is C12H17O. The van der Waals surface area contributed by atoms with Gasteiger partial charge in [0.2, 0.25) is 0 Å². The van der Waals surface area contributed by atoms with Crippen LogP contribution in [0.2, 0.25) is 0 Å². The van der Waals surface area contributed by atoms with Gasteiger partial charge in [-0.15, -0.1) is 0 Å². The van der Waals surface area contributed by atoms with Gasteiger partial charge in [0.25, 0.3) is 0 Å². The van der Waals surface area contributed by atoms with E-state index in [2.05, 4.69) is 33.8 Å². The zero-order chi connectivity index (χ0) is 10.1. The van der Waals surface area contributed by atoms with E-state index in [9.17, 15) is 0 Å². The third-order valence-electron chi connectivity index (χ3n) is 2.12. The number of ether oxygens (including phenoxy) is 1. The zero-order valence-corrected chi connectivity index (χ0v) is 8.85. The summed E-state index contributed by atoms with van der Waals surface area (Å²) >= 11 is 0. The lowest BCUT2D eigenvalue weighted by molar-refractivity contribution is 0.414. The van der Waals surface area contributed by atoms with Crippen molar-refractivity contribution < 1.29 is 4.74 Å². The highest BCUT2D eigenvalue weighted by Gasteiger charge is 2.15. The van der Waals surface area contributed by atoms with Crippen molar-refractivity contribution in [2.24, 2.45) is 0 Å². The van der Waals surface area contributed by atoms with Crippen LogP contribution in [0.1, 0.15) is 31.9 Å². The Labute approximate surface area is 80.7 Å². The van der Waals surface area contributed by atoms with Gasteiger partial charge in [0.15, 0.2) is 0 Å². The summed E-state index contributed by atoms with van der Waals surface area (Å²) in [6.45, 7) is 10.6. The average molecular weight is 177 g/mol. The molecule has 0 atom stereocenters. The molecule has 1 nitrogen and oxygen atoms in total. The van der Waals surface area contributed by atoms with Gasteiger partial charge in [-0.1, -0.05) is 26.8 Å². The molecule has 0 aliphatic rings. The fraction of sp³-hybridized carbons (Fsp3) is 0.417. The third-order valence-corrected chi connectivity index (χ3v) is 2.12. The third kappa shape index (κ3) is 2.24.